The molecule has 0 saturated heterocycles. The van der Waals surface area contributed by atoms with Crippen LogP contribution in [0.3, 0.4) is 0 Å². The van der Waals surface area contributed by atoms with Gasteiger partial charge >= 0.3 is 6.18 Å². The minimum absolute atomic E-state index is 0.0383. The Morgan fingerprint density at radius 1 is 1.08 bits per heavy atom. The Balaban J connectivity index is 2.27. The molecule has 4 nitrogen and oxygen atoms in total. The highest BCUT2D eigenvalue weighted by molar-refractivity contribution is 9.10. The fourth-order valence-corrected chi connectivity index (χ4v) is 4.30. The van der Waals surface area contributed by atoms with Gasteiger partial charge in [-0.2, -0.15) is 13.2 Å². The third-order valence-electron chi connectivity index (χ3n) is 4.88. The maximum Gasteiger partial charge on any atom is 0.401 e. The van der Waals surface area contributed by atoms with Crippen LogP contribution in [-0.2, 0) is 4.79 Å². The highest BCUT2D eigenvalue weighted by Gasteiger charge is 2.35. The second kappa shape index (κ2) is 12.8. The number of alkyl halides is 5. The van der Waals surface area contributed by atoms with E-state index in [2.05, 4.69) is 21.2 Å². The number of amides is 1. The number of allylic oxidation sites excluding steroid dienone is 1. The summed E-state index contributed by atoms with van der Waals surface area (Å²) in [6.45, 7) is -1.25. The molecule has 0 aliphatic heterocycles. The van der Waals surface area contributed by atoms with E-state index in [1.54, 1.807) is 0 Å². The van der Waals surface area contributed by atoms with Gasteiger partial charge in [-0.1, -0.05) is 40.9 Å². The Morgan fingerprint density at radius 3 is 2.16 bits per heavy atom. The van der Waals surface area contributed by atoms with Crippen molar-refractivity contribution < 1.29 is 35.9 Å². The number of aldehydes is 1. The summed E-state index contributed by atoms with van der Waals surface area (Å²) in [4.78, 5) is 23.6. The number of benzene rings is 2. The SMILES string of the molecule is CC(F)(F)C(/C=C(\F)c1ccc(C(=O)NC(C=O)CNCC(F)(F)F)c(Br)c1)c1cc(Cl)c(Cl)c(Cl)c1. The Hall–Kier alpha value is -1.79. The molecule has 0 fully saturated rings. The van der Waals surface area contributed by atoms with Gasteiger partial charge in [-0.05, 0) is 51.8 Å². The van der Waals surface area contributed by atoms with E-state index in [0.717, 1.165) is 30.3 Å². The Bertz CT molecular complexity index is 1170. The summed E-state index contributed by atoms with van der Waals surface area (Å²) in [7, 11) is 0. The van der Waals surface area contributed by atoms with Gasteiger partial charge in [0.2, 0.25) is 0 Å². The van der Waals surface area contributed by atoms with Crippen molar-refractivity contribution in [1.82, 2.24) is 10.6 Å². The van der Waals surface area contributed by atoms with Crippen molar-refractivity contribution in [2.75, 3.05) is 13.1 Å². The van der Waals surface area contributed by atoms with Crippen molar-refractivity contribution >= 4 is 68.8 Å². The monoisotopic (exact) mass is 652 g/mol. The molecule has 37 heavy (non-hydrogen) atoms. The molecule has 2 N–H and O–H groups in total. The van der Waals surface area contributed by atoms with E-state index in [1.807, 2.05) is 5.32 Å². The van der Waals surface area contributed by atoms with E-state index in [9.17, 15) is 31.5 Å². The van der Waals surface area contributed by atoms with Crippen molar-refractivity contribution in [3.63, 3.8) is 0 Å². The molecule has 2 aromatic rings. The summed E-state index contributed by atoms with van der Waals surface area (Å²) >= 11 is 20.8. The third-order valence-corrected chi connectivity index (χ3v) is 6.74. The predicted molar refractivity (Wildman–Crippen MR) is 134 cm³/mol. The first kappa shape index (κ1) is 31.4. The van der Waals surface area contributed by atoms with Gasteiger partial charge in [0.1, 0.15) is 12.1 Å². The Kier molecular flexibility index (Phi) is 10.9. The molecule has 0 saturated carbocycles. The molecule has 0 spiro atoms. The summed E-state index contributed by atoms with van der Waals surface area (Å²) in [5, 5.41) is 4.02. The molecule has 2 aromatic carbocycles. The van der Waals surface area contributed by atoms with Gasteiger partial charge in [0.15, 0.2) is 0 Å². The molecule has 14 heteroatoms. The van der Waals surface area contributed by atoms with E-state index in [4.69, 9.17) is 34.8 Å². The van der Waals surface area contributed by atoms with Gasteiger partial charge in [0.25, 0.3) is 11.8 Å². The predicted octanol–water partition coefficient (Wildman–Crippen LogP) is 7.61. The molecule has 0 bridgehead atoms. The van der Waals surface area contributed by atoms with Crippen molar-refractivity contribution in [1.29, 1.82) is 0 Å². The van der Waals surface area contributed by atoms with Gasteiger partial charge in [0, 0.05) is 23.5 Å². The van der Waals surface area contributed by atoms with E-state index < -0.39 is 48.9 Å². The zero-order valence-corrected chi connectivity index (χ0v) is 22.6. The topological polar surface area (TPSA) is 58.2 Å². The van der Waals surface area contributed by atoms with Gasteiger partial charge in [-0.25, -0.2) is 13.2 Å². The average Bonchev–Trinajstić information content (AvgIpc) is 2.78. The molecule has 0 heterocycles. The van der Waals surface area contributed by atoms with Crippen LogP contribution in [0.15, 0.2) is 40.9 Å². The maximum absolute atomic E-state index is 15.1. The molecule has 202 valence electrons. The van der Waals surface area contributed by atoms with E-state index >= 15 is 4.39 Å². The molecular weight excluding hydrogens is 637 g/mol. The summed E-state index contributed by atoms with van der Waals surface area (Å²) in [5.41, 5.74) is -0.327. The van der Waals surface area contributed by atoms with Crippen LogP contribution >= 0.6 is 50.7 Å². The zero-order chi connectivity index (χ0) is 28.1. The lowest BCUT2D eigenvalue weighted by atomic mass is 9.92. The first-order valence-electron chi connectivity index (χ1n) is 10.3. The smallest absolute Gasteiger partial charge is 0.341 e. The van der Waals surface area contributed by atoms with Crippen molar-refractivity contribution in [2.24, 2.45) is 0 Å². The van der Waals surface area contributed by atoms with Crippen molar-refractivity contribution in [3.8, 4) is 0 Å². The fraction of sp³-hybridized carbons (Fsp3) is 0.304. The summed E-state index contributed by atoms with van der Waals surface area (Å²) in [6.07, 6.45) is -3.57. The molecule has 0 aliphatic carbocycles. The van der Waals surface area contributed by atoms with E-state index in [1.165, 1.54) is 0 Å². The molecule has 0 aliphatic rings. The van der Waals surface area contributed by atoms with Gasteiger partial charge < -0.3 is 15.4 Å². The fourth-order valence-electron chi connectivity index (χ4n) is 3.13. The average molecular weight is 655 g/mol. The molecule has 2 atom stereocenters. The molecular formula is C23H18BrCl3F6N2O2. The van der Waals surface area contributed by atoms with Gasteiger partial charge in [0.05, 0.1) is 39.1 Å². The van der Waals surface area contributed by atoms with Gasteiger partial charge in [-0.3, -0.25) is 4.79 Å². The number of hydrogen-bond acceptors (Lipinski definition) is 3. The summed E-state index contributed by atoms with van der Waals surface area (Å²) < 4.78 is 80.6. The molecule has 2 rings (SSSR count). The van der Waals surface area contributed by atoms with E-state index in [0.29, 0.717) is 13.0 Å². The standard InChI is InChI=1S/C23H18BrCl3F6N2O2/c1-22(29,30)15(12-5-17(25)20(27)18(26)6-12)7-19(28)11-2-3-14(16(24)4-11)21(37)35-13(9-36)8-34-10-23(31,32)33/h2-7,9,13,15,34H,8,10H2,1H3,(H,35,37)/b19-7-. The van der Waals surface area contributed by atoms with Gasteiger partial charge in [-0.15, -0.1) is 0 Å². The minimum Gasteiger partial charge on any atom is -0.341 e. The third kappa shape index (κ3) is 9.17. The number of carbonyl (C=O) groups is 2. The highest BCUT2D eigenvalue weighted by Crippen LogP contribution is 2.41. The Morgan fingerprint density at radius 2 is 1.68 bits per heavy atom. The zero-order valence-electron chi connectivity index (χ0n) is 18.7. The lowest BCUT2D eigenvalue weighted by molar-refractivity contribution is -0.125. The number of halogens is 10. The van der Waals surface area contributed by atoms with Crippen LogP contribution in [0.25, 0.3) is 5.83 Å². The molecule has 1 amide bonds. The summed E-state index contributed by atoms with van der Waals surface area (Å²) in [6, 6.07) is 4.46. The van der Waals surface area contributed by atoms with Crippen LogP contribution < -0.4 is 10.6 Å². The van der Waals surface area contributed by atoms with Crippen LogP contribution in [0.5, 0.6) is 0 Å². The van der Waals surface area contributed by atoms with Crippen molar-refractivity contribution in [3.05, 3.63) is 72.6 Å². The quantitative estimate of drug-likeness (QED) is 0.158. The normalized spacial score (nSPS) is 14.3. The summed E-state index contributed by atoms with van der Waals surface area (Å²) in [5.74, 6) is -7.10. The number of rotatable bonds is 10. The first-order valence-corrected chi connectivity index (χ1v) is 12.2. The Labute approximate surface area is 231 Å². The minimum atomic E-state index is -4.50. The van der Waals surface area contributed by atoms with Crippen molar-refractivity contribution in [2.45, 2.75) is 31.0 Å². The first-order chi connectivity index (χ1) is 17.0. The van der Waals surface area contributed by atoms with Crippen LogP contribution in [-0.4, -0.2) is 43.4 Å². The van der Waals surface area contributed by atoms with Crippen LogP contribution in [0.4, 0.5) is 26.3 Å². The van der Waals surface area contributed by atoms with E-state index in [-0.39, 0.29) is 42.5 Å². The lowest BCUT2D eigenvalue weighted by Gasteiger charge is -2.22. The largest absolute Gasteiger partial charge is 0.401 e. The van der Waals surface area contributed by atoms with Crippen LogP contribution in [0, 0.1) is 0 Å². The molecule has 0 radical (unpaired) electrons. The van der Waals surface area contributed by atoms with Crippen LogP contribution in [0.2, 0.25) is 15.1 Å². The molecule has 0 aromatic heterocycles. The number of nitrogens with one attached hydrogen (secondary N) is 2. The highest BCUT2D eigenvalue weighted by atomic mass is 79.9. The number of carbonyl (C=O) groups excluding carboxylic acids is 2. The number of hydrogen-bond donors (Lipinski definition) is 2. The maximum atomic E-state index is 15.1. The van der Waals surface area contributed by atoms with Crippen LogP contribution in [0.1, 0.15) is 34.3 Å². The molecule has 2 unspecified atom stereocenters. The second-order valence-corrected chi connectivity index (χ2v) is 9.95. The second-order valence-electron chi connectivity index (χ2n) is 7.90. The lowest BCUT2D eigenvalue weighted by Crippen LogP contribution is -2.45.